The lowest BCUT2D eigenvalue weighted by molar-refractivity contribution is -0.122. The van der Waals surface area contributed by atoms with Crippen LogP contribution in [0, 0.1) is 5.92 Å². The molecule has 0 aromatic heterocycles. The topological polar surface area (TPSA) is 35.6 Å². The van der Waals surface area contributed by atoms with Gasteiger partial charge in [-0.1, -0.05) is 29.8 Å². The first-order valence-corrected chi connectivity index (χ1v) is 9.89. The van der Waals surface area contributed by atoms with Crippen molar-refractivity contribution in [3.63, 3.8) is 0 Å². The molecule has 25 heavy (non-hydrogen) atoms. The van der Waals surface area contributed by atoms with E-state index in [4.69, 9.17) is 11.6 Å². The average molecular weight is 364 g/mol. The summed E-state index contributed by atoms with van der Waals surface area (Å²) in [6, 6.07) is 8.65. The van der Waals surface area contributed by atoms with Gasteiger partial charge in [-0.25, -0.2) is 0 Å². The maximum Gasteiger partial charge on any atom is 0.234 e. The second-order valence-corrected chi connectivity index (χ2v) is 7.98. The average Bonchev–Trinajstić information content (AvgIpc) is 3.31. The minimum Gasteiger partial charge on any atom is -0.353 e. The van der Waals surface area contributed by atoms with E-state index in [-0.39, 0.29) is 11.9 Å². The van der Waals surface area contributed by atoms with E-state index in [2.05, 4.69) is 35.2 Å². The number of amides is 1. The smallest absolute Gasteiger partial charge is 0.234 e. The number of rotatable bonds is 8. The minimum absolute atomic E-state index is 0.103. The summed E-state index contributed by atoms with van der Waals surface area (Å²) in [6.45, 7) is 5.46. The molecule has 1 aliphatic heterocycles. The van der Waals surface area contributed by atoms with Crippen LogP contribution in [0.4, 0.5) is 0 Å². The second-order valence-electron chi connectivity index (χ2n) is 7.58. The van der Waals surface area contributed by atoms with Gasteiger partial charge in [-0.2, -0.15) is 0 Å². The number of nitrogens with one attached hydrogen (secondary N) is 1. The van der Waals surface area contributed by atoms with Crippen LogP contribution in [-0.2, 0) is 4.79 Å². The van der Waals surface area contributed by atoms with Gasteiger partial charge in [0.25, 0.3) is 0 Å². The van der Waals surface area contributed by atoms with Crippen molar-refractivity contribution in [1.82, 2.24) is 15.1 Å². The van der Waals surface area contributed by atoms with Gasteiger partial charge in [0.05, 0.1) is 12.6 Å². The molecule has 3 rings (SSSR count). The first kappa shape index (κ1) is 18.7. The van der Waals surface area contributed by atoms with Crippen LogP contribution in [0.2, 0.25) is 5.02 Å². The van der Waals surface area contributed by atoms with E-state index >= 15 is 0 Å². The van der Waals surface area contributed by atoms with Gasteiger partial charge in [0.2, 0.25) is 5.91 Å². The third kappa shape index (κ3) is 4.96. The molecular weight excluding hydrogens is 334 g/mol. The van der Waals surface area contributed by atoms with E-state index in [1.54, 1.807) is 0 Å². The van der Waals surface area contributed by atoms with Gasteiger partial charge in [0.15, 0.2) is 0 Å². The number of nitrogens with zero attached hydrogens (tertiary/aromatic N) is 2. The highest BCUT2D eigenvalue weighted by atomic mass is 35.5. The Kier molecular flexibility index (Phi) is 6.37. The lowest BCUT2D eigenvalue weighted by Crippen LogP contribution is -2.43. The third-order valence-corrected chi connectivity index (χ3v) is 6.07. The molecule has 138 valence electrons. The molecule has 0 spiro atoms. The molecule has 5 heteroatoms. The fourth-order valence-corrected chi connectivity index (χ4v) is 4.07. The standard InChI is InChI=1S/C20H30ClN3O/c1-15(16-9-10-16)23(2)14-20(25)22-13-19(24-11-5-6-12-24)17-7-3-4-8-18(17)21/h3-4,7-8,15-16,19H,5-6,9-14H2,1-2H3,(H,22,25). The SMILES string of the molecule is CC(C1CC1)N(C)CC(=O)NCC(c1ccccc1Cl)N1CCCC1. The van der Waals surface area contributed by atoms with Crippen LogP contribution in [0.3, 0.4) is 0 Å². The molecule has 1 aliphatic carbocycles. The molecule has 2 aliphatic rings. The molecule has 2 unspecified atom stereocenters. The van der Waals surface area contributed by atoms with Crippen molar-refractivity contribution in [3.05, 3.63) is 34.9 Å². The first-order chi connectivity index (χ1) is 12.1. The van der Waals surface area contributed by atoms with Crippen LogP contribution in [0.15, 0.2) is 24.3 Å². The highest BCUT2D eigenvalue weighted by molar-refractivity contribution is 6.31. The zero-order valence-corrected chi connectivity index (χ0v) is 16.1. The second kappa shape index (κ2) is 8.52. The van der Waals surface area contributed by atoms with E-state index in [1.165, 1.54) is 25.7 Å². The number of benzene rings is 1. The Hall–Kier alpha value is -1.10. The van der Waals surface area contributed by atoms with Crippen LogP contribution in [0.25, 0.3) is 0 Å². The maximum atomic E-state index is 12.4. The quantitative estimate of drug-likeness (QED) is 0.769. The van der Waals surface area contributed by atoms with Crippen LogP contribution < -0.4 is 5.32 Å². The largest absolute Gasteiger partial charge is 0.353 e. The summed E-state index contributed by atoms with van der Waals surface area (Å²) in [4.78, 5) is 17.0. The molecule has 1 saturated heterocycles. The zero-order chi connectivity index (χ0) is 17.8. The molecule has 0 radical (unpaired) electrons. The lowest BCUT2D eigenvalue weighted by atomic mass is 10.1. The summed E-state index contributed by atoms with van der Waals surface area (Å²) < 4.78 is 0. The maximum absolute atomic E-state index is 12.4. The number of likely N-dealkylation sites (tertiary alicyclic amines) is 1. The molecule has 1 aromatic carbocycles. The Balaban J connectivity index is 1.58. The fraction of sp³-hybridized carbons (Fsp3) is 0.650. The van der Waals surface area contributed by atoms with Crippen LogP contribution in [-0.4, -0.2) is 55.0 Å². The summed E-state index contributed by atoms with van der Waals surface area (Å²) in [5.41, 5.74) is 1.12. The molecule has 2 atom stereocenters. The van der Waals surface area contributed by atoms with Crippen molar-refractivity contribution >= 4 is 17.5 Å². The zero-order valence-electron chi connectivity index (χ0n) is 15.4. The Morgan fingerprint density at radius 3 is 2.64 bits per heavy atom. The van der Waals surface area contributed by atoms with E-state index < -0.39 is 0 Å². The molecular formula is C20H30ClN3O. The number of carbonyl (C=O) groups excluding carboxylic acids is 1. The Labute approximate surface area is 156 Å². The predicted molar refractivity (Wildman–Crippen MR) is 103 cm³/mol. The van der Waals surface area contributed by atoms with Gasteiger partial charge in [0.1, 0.15) is 0 Å². The number of carbonyl (C=O) groups is 1. The summed E-state index contributed by atoms with van der Waals surface area (Å²) in [5.74, 6) is 0.879. The molecule has 1 heterocycles. The van der Waals surface area contributed by atoms with E-state index in [0.717, 1.165) is 29.6 Å². The van der Waals surface area contributed by atoms with Crippen LogP contribution in [0.1, 0.15) is 44.2 Å². The Bertz CT molecular complexity index is 584. The highest BCUT2D eigenvalue weighted by Gasteiger charge is 2.31. The number of hydrogen-bond donors (Lipinski definition) is 1. The summed E-state index contributed by atoms with van der Waals surface area (Å²) in [7, 11) is 2.05. The van der Waals surface area contributed by atoms with Crippen molar-refractivity contribution in [1.29, 1.82) is 0 Å². The molecule has 1 saturated carbocycles. The first-order valence-electron chi connectivity index (χ1n) is 9.51. The number of likely N-dealkylation sites (N-methyl/N-ethyl adjacent to an activating group) is 1. The van der Waals surface area contributed by atoms with Crippen LogP contribution in [0.5, 0.6) is 0 Å². The van der Waals surface area contributed by atoms with E-state index in [0.29, 0.717) is 19.1 Å². The third-order valence-electron chi connectivity index (χ3n) is 5.73. The van der Waals surface area contributed by atoms with Gasteiger partial charge in [-0.05, 0) is 70.3 Å². The van der Waals surface area contributed by atoms with Crippen molar-refractivity contribution < 1.29 is 4.79 Å². The molecule has 1 N–H and O–H groups in total. The summed E-state index contributed by atoms with van der Waals surface area (Å²) >= 11 is 6.43. The van der Waals surface area contributed by atoms with Gasteiger partial charge >= 0.3 is 0 Å². The summed E-state index contributed by atoms with van der Waals surface area (Å²) in [5, 5.41) is 3.93. The normalized spacial score (nSPS) is 20.6. The minimum atomic E-state index is 0.103. The predicted octanol–water partition coefficient (Wildman–Crippen LogP) is 3.32. The number of hydrogen-bond acceptors (Lipinski definition) is 3. The Morgan fingerprint density at radius 2 is 2.00 bits per heavy atom. The van der Waals surface area contributed by atoms with Gasteiger partial charge in [-0.3, -0.25) is 14.6 Å². The van der Waals surface area contributed by atoms with Crippen LogP contribution >= 0.6 is 11.6 Å². The van der Waals surface area contributed by atoms with E-state index in [9.17, 15) is 4.79 Å². The van der Waals surface area contributed by atoms with Crippen molar-refractivity contribution in [2.75, 3.05) is 33.2 Å². The Morgan fingerprint density at radius 1 is 1.32 bits per heavy atom. The number of halogens is 1. The van der Waals surface area contributed by atoms with Crippen molar-refractivity contribution in [2.24, 2.45) is 5.92 Å². The van der Waals surface area contributed by atoms with Gasteiger partial charge < -0.3 is 5.32 Å². The van der Waals surface area contributed by atoms with Gasteiger partial charge in [-0.15, -0.1) is 0 Å². The highest BCUT2D eigenvalue weighted by Crippen LogP contribution is 2.34. The van der Waals surface area contributed by atoms with Crippen molar-refractivity contribution in [3.8, 4) is 0 Å². The fourth-order valence-electron chi connectivity index (χ4n) is 3.81. The summed E-state index contributed by atoms with van der Waals surface area (Å²) in [6.07, 6.45) is 5.04. The van der Waals surface area contributed by atoms with Crippen molar-refractivity contribution in [2.45, 2.75) is 44.7 Å². The molecule has 0 bridgehead atoms. The lowest BCUT2D eigenvalue weighted by Gasteiger charge is -2.29. The molecule has 4 nitrogen and oxygen atoms in total. The van der Waals surface area contributed by atoms with E-state index in [1.807, 2.05) is 18.2 Å². The van der Waals surface area contributed by atoms with Gasteiger partial charge in [0, 0.05) is 17.6 Å². The molecule has 1 aromatic rings. The monoisotopic (exact) mass is 363 g/mol. The molecule has 2 fully saturated rings. The molecule has 1 amide bonds.